The van der Waals surface area contributed by atoms with E-state index in [1.807, 2.05) is 0 Å². The number of rotatable bonds is 1. The summed E-state index contributed by atoms with van der Waals surface area (Å²) in [5.74, 6) is -1.44. The fourth-order valence-corrected chi connectivity index (χ4v) is 1.18. The van der Waals surface area contributed by atoms with Gasteiger partial charge in [0.05, 0.1) is 13.7 Å². The van der Waals surface area contributed by atoms with Crippen LogP contribution in [0.25, 0.3) is 0 Å². The van der Waals surface area contributed by atoms with E-state index in [9.17, 15) is 9.59 Å². The average molecular weight is 172 g/mol. The minimum absolute atomic E-state index is 0.137. The third-order valence-electron chi connectivity index (χ3n) is 2.01. The van der Waals surface area contributed by atoms with Crippen molar-refractivity contribution in [2.24, 2.45) is 5.92 Å². The summed E-state index contributed by atoms with van der Waals surface area (Å²) in [6.07, 6.45) is 0. The highest BCUT2D eigenvalue weighted by Crippen LogP contribution is 2.25. The Balaban J connectivity index is 2.74. The van der Waals surface area contributed by atoms with Crippen LogP contribution in [-0.2, 0) is 19.1 Å². The fourth-order valence-electron chi connectivity index (χ4n) is 1.18. The minimum Gasteiger partial charge on any atom is -0.468 e. The molecule has 0 unspecified atom stereocenters. The van der Waals surface area contributed by atoms with Gasteiger partial charge in [-0.2, -0.15) is 0 Å². The number of carbonyl (C=O) groups excluding carboxylic acids is 2. The molecule has 1 saturated heterocycles. The van der Waals surface area contributed by atoms with E-state index in [2.05, 4.69) is 4.74 Å². The number of Topliss-reactive ketones (excluding diaryl/α,β-unsaturated/α-hetero) is 1. The normalized spacial score (nSPS) is 27.2. The molecule has 0 aliphatic carbocycles. The van der Waals surface area contributed by atoms with E-state index >= 15 is 0 Å². The van der Waals surface area contributed by atoms with Gasteiger partial charge in [0, 0.05) is 0 Å². The largest absolute Gasteiger partial charge is 0.468 e. The van der Waals surface area contributed by atoms with Crippen LogP contribution in [0.2, 0.25) is 0 Å². The molecule has 0 spiro atoms. The predicted molar refractivity (Wildman–Crippen MR) is 40.5 cm³/mol. The number of methoxy groups -OCH3 is 1. The Kier molecular flexibility index (Phi) is 2.19. The molecule has 1 aliphatic rings. The van der Waals surface area contributed by atoms with Gasteiger partial charge in [-0.15, -0.1) is 0 Å². The van der Waals surface area contributed by atoms with Gasteiger partial charge in [-0.25, -0.2) is 0 Å². The van der Waals surface area contributed by atoms with Crippen molar-refractivity contribution >= 4 is 11.8 Å². The number of carbonyl (C=O) groups is 2. The zero-order valence-corrected chi connectivity index (χ0v) is 7.42. The van der Waals surface area contributed by atoms with Gasteiger partial charge >= 0.3 is 5.97 Å². The van der Waals surface area contributed by atoms with Crippen LogP contribution in [0.5, 0.6) is 0 Å². The summed E-state index contributed by atoms with van der Waals surface area (Å²) in [5.41, 5.74) is -0.834. The van der Waals surface area contributed by atoms with Gasteiger partial charge in [-0.05, 0) is 13.8 Å². The van der Waals surface area contributed by atoms with Crippen molar-refractivity contribution in [1.29, 1.82) is 0 Å². The zero-order chi connectivity index (χ0) is 9.35. The molecule has 1 rings (SSSR count). The number of ether oxygens (including phenoxy) is 2. The molecule has 0 bridgehead atoms. The number of hydrogen-bond donors (Lipinski definition) is 0. The molecule has 0 radical (unpaired) electrons. The molecule has 1 heterocycles. The first-order chi connectivity index (χ1) is 5.49. The Morgan fingerprint density at radius 2 is 2.25 bits per heavy atom. The van der Waals surface area contributed by atoms with Crippen molar-refractivity contribution in [3.05, 3.63) is 0 Å². The summed E-state index contributed by atoms with van der Waals surface area (Å²) in [6, 6.07) is 0. The van der Waals surface area contributed by atoms with Crippen LogP contribution in [0.4, 0.5) is 0 Å². The molecule has 0 aromatic rings. The Labute approximate surface area is 70.8 Å². The molecule has 4 nitrogen and oxygen atoms in total. The Morgan fingerprint density at radius 3 is 2.58 bits per heavy atom. The van der Waals surface area contributed by atoms with Gasteiger partial charge < -0.3 is 9.47 Å². The fraction of sp³-hybridized carbons (Fsp3) is 0.750. The Bertz CT molecular complexity index is 219. The Hall–Kier alpha value is -0.900. The summed E-state index contributed by atoms with van der Waals surface area (Å²) in [5, 5.41) is 0. The SMILES string of the molecule is COC(=O)[C@H]1COC(C)(C)C1=O. The minimum atomic E-state index is -0.834. The van der Waals surface area contributed by atoms with E-state index < -0.39 is 17.5 Å². The van der Waals surface area contributed by atoms with Crippen LogP contribution in [0.1, 0.15) is 13.8 Å². The van der Waals surface area contributed by atoms with Crippen molar-refractivity contribution in [1.82, 2.24) is 0 Å². The number of ketones is 1. The van der Waals surface area contributed by atoms with Gasteiger partial charge in [0.2, 0.25) is 0 Å². The molecule has 0 N–H and O–H groups in total. The van der Waals surface area contributed by atoms with Crippen molar-refractivity contribution in [3.63, 3.8) is 0 Å². The molecule has 1 fully saturated rings. The second-order valence-electron chi connectivity index (χ2n) is 3.26. The second-order valence-corrected chi connectivity index (χ2v) is 3.26. The lowest BCUT2D eigenvalue weighted by molar-refractivity contribution is -0.148. The maximum absolute atomic E-state index is 11.4. The number of esters is 1. The van der Waals surface area contributed by atoms with E-state index in [1.54, 1.807) is 13.8 Å². The third-order valence-corrected chi connectivity index (χ3v) is 2.01. The highest BCUT2D eigenvalue weighted by molar-refractivity contribution is 6.04. The molecular formula is C8H12O4. The van der Waals surface area contributed by atoms with Crippen LogP contribution >= 0.6 is 0 Å². The van der Waals surface area contributed by atoms with Crippen LogP contribution < -0.4 is 0 Å². The van der Waals surface area contributed by atoms with E-state index in [1.165, 1.54) is 7.11 Å². The summed E-state index contributed by atoms with van der Waals surface area (Å²) in [7, 11) is 1.26. The molecule has 1 atom stereocenters. The molecule has 0 saturated carbocycles. The lowest BCUT2D eigenvalue weighted by Gasteiger charge is -2.13. The van der Waals surface area contributed by atoms with Crippen molar-refractivity contribution in [3.8, 4) is 0 Å². The lowest BCUT2D eigenvalue weighted by atomic mass is 9.96. The molecule has 12 heavy (non-hydrogen) atoms. The Morgan fingerprint density at radius 1 is 1.67 bits per heavy atom. The van der Waals surface area contributed by atoms with Gasteiger partial charge in [0.25, 0.3) is 0 Å². The van der Waals surface area contributed by atoms with E-state index in [-0.39, 0.29) is 12.4 Å². The van der Waals surface area contributed by atoms with E-state index in [0.29, 0.717) is 0 Å². The molecular weight excluding hydrogens is 160 g/mol. The summed E-state index contributed by atoms with van der Waals surface area (Å²) in [6.45, 7) is 3.44. The maximum Gasteiger partial charge on any atom is 0.318 e. The van der Waals surface area contributed by atoms with Gasteiger partial charge in [0.1, 0.15) is 11.5 Å². The smallest absolute Gasteiger partial charge is 0.318 e. The summed E-state index contributed by atoms with van der Waals surface area (Å²) in [4.78, 5) is 22.4. The maximum atomic E-state index is 11.4. The van der Waals surface area contributed by atoms with Gasteiger partial charge in [-0.3, -0.25) is 9.59 Å². The van der Waals surface area contributed by atoms with Crippen LogP contribution in [0.3, 0.4) is 0 Å². The molecule has 0 amide bonds. The first kappa shape index (κ1) is 9.19. The van der Waals surface area contributed by atoms with Crippen LogP contribution in [0, 0.1) is 5.92 Å². The average Bonchev–Trinajstić information content (AvgIpc) is 2.27. The quantitative estimate of drug-likeness (QED) is 0.417. The monoisotopic (exact) mass is 172 g/mol. The lowest BCUT2D eigenvalue weighted by Crippen LogP contribution is -2.33. The predicted octanol–water partition coefficient (Wildman–Crippen LogP) is 0.153. The first-order valence-corrected chi connectivity index (χ1v) is 3.75. The van der Waals surface area contributed by atoms with Crippen molar-refractivity contribution in [2.45, 2.75) is 19.4 Å². The van der Waals surface area contributed by atoms with Crippen molar-refractivity contribution in [2.75, 3.05) is 13.7 Å². The third kappa shape index (κ3) is 1.34. The van der Waals surface area contributed by atoms with Gasteiger partial charge in [-0.1, -0.05) is 0 Å². The summed E-state index contributed by atoms with van der Waals surface area (Å²) >= 11 is 0. The molecule has 0 aromatic heterocycles. The highest BCUT2D eigenvalue weighted by Gasteiger charge is 2.45. The van der Waals surface area contributed by atoms with E-state index in [4.69, 9.17) is 4.74 Å². The molecule has 4 heteroatoms. The van der Waals surface area contributed by atoms with Crippen LogP contribution in [-0.4, -0.2) is 31.1 Å². The van der Waals surface area contributed by atoms with Crippen LogP contribution in [0.15, 0.2) is 0 Å². The summed E-state index contributed by atoms with van der Waals surface area (Å²) < 4.78 is 9.60. The van der Waals surface area contributed by atoms with Gasteiger partial charge in [0.15, 0.2) is 5.78 Å². The topological polar surface area (TPSA) is 52.6 Å². The zero-order valence-electron chi connectivity index (χ0n) is 7.42. The number of hydrogen-bond acceptors (Lipinski definition) is 4. The second kappa shape index (κ2) is 2.86. The molecule has 68 valence electrons. The van der Waals surface area contributed by atoms with Crippen molar-refractivity contribution < 1.29 is 19.1 Å². The first-order valence-electron chi connectivity index (χ1n) is 3.75. The van der Waals surface area contributed by atoms with E-state index in [0.717, 1.165) is 0 Å². The molecule has 1 aliphatic heterocycles. The standard InChI is InChI=1S/C8H12O4/c1-8(2)6(9)5(4-12-8)7(10)11-3/h5H,4H2,1-3H3/t5-/m0/s1. The highest BCUT2D eigenvalue weighted by atomic mass is 16.5. The molecule has 0 aromatic carbocycles.